The van der Waals surface area contributed by atoms with Crippen molar-refractivity contribution in [2.75, 3.05) is 6.61 Å². The molecule has 0 aromatic heterocycles. The highest BCUT2D eigenvalue weighted by atomic mass is 16.5. The molecular weight excluding hydrogens is 316 g/mol. The van der Waals surface area contributed by atoms with E-state index in [2.05, 4.69) is 41.5 Å². The maximum Gasteiger partial charge on any atom is 0.313 e. The smallest absolute Gasteiger partial charge is 0.313 e. The maximum absolute atomic E-state index is 12.0. The number of ketones is 1. The standard InChI is InChI=1S/C21H32O4/c1-8-25-18(23)13-15(22)10-9-14-11-16(20(2,3)4)19(24)17(12-14)21(5,6)7/h11-12,24H,8-10,13H2,1-7H3. The number of benzene rings is 1. The third kappa shape index (κ3) is 6.18. The summed E-state index contributed by atoms with van der Waals surface area (Å²) >= 11 is 0. The van der Waals surface area contributed by atoms with Gasteiger partial charge in [0.2, 0.25) is 0 Å². The van der Waals surface area contributed by atoms with Gasteiger partial charge in [-0.1, -0.05) is 53.7 Å². The van der Waals surface area contributed by atoms with Crippen LogP contribution in [0.4, 0.5) is 0 Å². The summed E-state index contributed by atoms with van der Waals surface area (Å²) in [6, 6.07) is 3.95. The third-order valence-corrected chi connectivity index (χ3v) is 4.13. The summed E-state index contributed by atoms with van der Waals surface area (Å²) in [4.78, 5) is 23.4. The molecule has 0 aliphatic carbocycles. The van der Waals surface area contributed by atoms with E-state index in [9.17, 15) is 14.7 Å². The minimum Gasteiger partial charge on any atom is -0.507 e. The second-order valence-electron chi connectivity index (χ2n) is 8.56. The first kappa shape index (κ1) is 21.2. The molecule has 1 aromatic carbocycles. The molecule has 0 heterocycles. The Kier molecular flexibility index (Phi) is 6.81. The zero-order chi connectivity index (χ0) is 19.4. The molecular formula is C21H32O4. The maximum atomic E-state index is 12.0. The summed E-state index contributed by atoms with van der Waals surface area (Å²) in [7, 11) is 0. The van der Waals surface area contributed by atoms with Gasteiger partial charge >= 0.3 is 5.97 Å². The van der Waals surface area contributed by atoms with Crippen LogP contribution in [0.5, 0.6) is 5.75 Å². The Morgan fingerprint density at radius 2 is 1.48 bits per heavy atom. The van der Waals surface area contributed by atoms with Gasteiger partial charge in [-0.05, 0) is 40.9 Å². The molecule has 0 atom stereocenters. The monoisotopic (exact) mass is 348 g/mol. The average Bonchev–Trinajstić information content (AvgIpc) is 2.43. The summed E-state index contributed by atoms with van der Waals surface area (Å²) in [5, 5.41) is 10.7. The molecule has 1 N–H and O–H groups in total. The lowest BCUT2D eigenvalue weighted by Gasteiger charge is -2.28. The fourth-order valence-electron chi connectivity index (χ4n) is 2.73. The van der Waals surface area contributed by atoms with E-state index >= 15 is 0 Å². The number of Topliss-reactive ketones (excluding diaryl/α,β-unsaturated/α-hetero) is 1. The molecule has 0 spiro atoms. The highest BCUT2D eigenvalue weighted by Gasteiger charge is 2.26. The van der Waals surface area contributed by atoms with Crippen molar-refractivity contribution in [2.24, 2.45) is 0 Å². The number of esters is 1. The number of ether oxygens (including phenoxy) is 1. The highest BCUT2D eigenvalue weighted by molar-refractivity contribution is 5.95. The predicted octanol–water partition coefficient (Wildman–Crippen LogP) is 4.44. The van der Waals surface area contributed by atoms with Gasteiger partial charge in [-0.15, -0.1) is 0 Å². The van der Waals surface area contributed by atoms with Crippen LogP contribution in [-0.4, -0.2) is 23.5 Å². The number of aromatic hydroxyl groups is 1. The van der Waals surface area contributed by atoms with Gasteiger partial charge in [0.1, 0.15) is 18.0 Å². The number of phenols is 1. The molecule has 25 heavy (non-hydrogen) atoms. The Bertz CT molecular complexity index is 595. The molecule has 0 saturated carbocycles. The predicted molar refractivity (Wildman–Crippen MR) is 100 cm³/mol. The van der Waals surface area contributed by atoms with E-state index < -0.39 is 5.97 Å². The lowest BCUT2D eigenvalue weighted by Crippen LogP contribution is -2.18. The molecule has 0 aliphatic heterocycles. The number of hydrogen-bond acceptors (Lipinski definition) is 4. The van der Waals surface area contributed by atoms with Crippen molar-refractivity contribution in [1.29, 1.82) is 0 Å². The molecule has 0 unspecified atom stereocenters. The van der Waals surface area contributed by atoms with Crippen molar-refractivity contribution >= 4 is 11.8 Å². The van der Waals surface area contributed by atoms with E-state index in [4.69, 9.17) is 4.74 Å². The molecule has 140 valence electrons. The Hall–Kier alpha value is -1.84. The Morgan fingerprint density at radius 3 is 1.88 bits per heavy atom. The highest BCUT2D eigenvalue weighted by Crippen LogP contribution is 2.39. The Balaban J connectivity index is 3.04. The third-order valence-electron chi connectivity index (χ3n) is 4.13. The number of phenolic OH excluding ortho intramolecular Hbond substituents is 1. The number of carbonyl (C=O) groups is 2. The van der Waals surface area contributed by atoms with Gasteiger partial charge in [-0.2, -0.15) is 0 Å². The molecule has 0 radical (unpaired) electrons. The van der Waals surface area contributed by atoms with Gasteiger partial charge in [0.25, 0.3) is 0 Å². The van der Waals surface area contributed by atoms with Crippen molar-refractivity contribution in [1.82, 2.24) is 0 Å². The van der Waals surface area contributed by atoms with Crippen LogP contribution in [0.25, 0.3) is 0 Å². The minimum absolute atomic E-state index is 0.124. The van der Waals surface area contributed by atoms with Gasteiger partial charge in [-0.3, -0.25) is 9.59 Å². The van der Waals surface area contributed by atoms with E-state index in [0.29, 0.717) is 12.2 Å². The van der Waals surface area contributed by atoms with Crippen LogP contribution in [0.1, 0.15) is 78.0 Å². The molecule has 1 rings (SSSR count). The Labute approximate surface area is 151 Å². The summed E-state index contributed by atoms with van der Waals surface area (Å²) in [6.07, 6.45) is 0.658. The number of rotatable bonds is 6. The van der Waals surface area contributed by atoms with Gasteiger partial charge < -0.3 is 9.84 Å². The van der Waals surface area contributed by atoms with Crippen molar-refractivity contribution in [2.45, 2.75) is 78.6 Å². The van der Waals surface area contributed by atoms with Gasteiger partial charge in [0.05, 0.1) is 6.61 Å². The van der Waals surface area contributed by atoms with E-state index in [1.807, 2.05) is 12.1 Å². The summed E-state index contributed by atoms with van der Waals surface area (Å²) in [6.45, 7) is 14.4. The van der Waals surface area contributed by atoms with Crippen molar-refractivity contribution < 1.29 is 19.4 Å². The van der Waals surface area contributed by atoms with E-state index in [-0.39, 0.29) is 36.1 Å². The van der Waals surface area contributed by atoms with Gasteiger partial charge in [0, 0.05) is 6.42 Å². The van der Waals surface area contributed by atoms with Crippen molar-refractivity contribution in [3.63, 3.8) is 0 Å². The van der Waals surface area contributed by atoms with Gasteiger partial charge in [-0.25, -0.2) is 0 Å². The first-order chi connectivity index (χ1) is 11.4. The lowest BCUT2D eigenvalue weighted by molar-refractivity contribution is -0.145. The number of aryl methyl sites for hydroxylation is 1. The fourth-order valence-corrected chi connectivity index (χ4v) is 2.73. The number of hydrogen-bond donors (Lipinski definition) is 1. The SMILES string of the molecule is CCOC(=O)CC(=O)CCc1cc(C(C)(C)C)c(O)c(C(C)(C)C)c1. The first-order valence-electron chi connectivity index (χ1n) is 8.90. The van der Waals surface area contributed by atoms with E-state index in [1.165, 1.54) is 0 Å². The molecule has 1 aromatic rings. The molecule has 0 bridgehead atoms. The van der Waals surface area contributed by atoms with Crippen LogP contribution in [0, 0.1) is 0 Å². The zero-order valence-electron chi connectivity index (χ0n) is 16.7. The number of carbonyl (C=O) groups excluding carboxylic acids is 2. The zero-order valence-corrected chi connectivity index (χ0v) is 16.7. The second-order valence-corrected chi connectivity index (χ2v) is 8.56. The molecule has 0 amide bonds. The minimum atomic E-state index is -0.469. The molecule has 0 fully saturated rings. The largest absolute Gasteiger partial charge is 0.507 e. The Morgan fingerprint density at radius 1 is 1.00 bits per heavy atom. The van der Waals surface area contributed by atoms with Gasteiger partial charge in [0.15, 0.2) is 0 Å². The quantitative estimate of drug-likeness (QED) is 0.610. The molecule has 0 aliphatic rings. The molecule has 4 nitrogen and oxygen atoms in total. The second kappa shape index (κ2) is 8.03. The lowest BCUT2D eigenvalue weighted by atomic mass is 9.78. The van der Waals surface area contributed by atoms with Crippen LogP contribution in [0.3, 0.4) is 0 Å². The molecule has 0 saturated heterocycles. The summed E-state index contributed by atoms with van der Waals surface area (Å²) in [5.41, 5.74) is 2.37. The topological polar surface area (TPSA) is 63.6 Å². The van der Waals surface area contributed by atoms with Crippen LogP contribution >= 0.6 is 0 Å². The average molecular weight is 348 g/mol. The summed E-state index contributed by atoms with van der Waals surface area (Å²) < 4.78 is 4.82. The first-order valence-corrected chi connectivity index (χ1v) is 8.90. The van der Waals surface area contributed by atoms with Crippen molar-refractivity contribution in [3.05, 3.63) is 28.8 Å². The van der Waals surface area contributed by atoms with Crippen molar-refractivity contribution in [3.8, 4) is 5.75 Å². The van der Waals surface area contributed by atoms with Crippen LogP contribution in [0.2, 0.25) is 0 Å². The van der Waals surface area contributed by atoms with E-state index in [0.717, 1.165) is 16.7 Å². The summed E-state index contributed by atoms with van der Waals surface area (Å²) in [5.74, 6) is -0.258. The van der Waals surface area contributed by atoms with Crippen LogP contribution in [0.15, 0.2) is 12.1 Å². The fraction of sp³-hybridized carbons (Fsp3) is 0.619. The molecule has 4 heteroatoms. The van der Waals surface area contributed by atoms with Crippen LogP contribution in [-0.2, 0) is 31.6 Å². The van der Waals surface area contributed by atoms with Crippen LogP contribution < -0.4 is 0 Å². The normalized spacial score (nSPS) is 12.1. The van der Waals surface area contributed by atoms with E-state index in [1.54, 1.807) is 6.92 Å².